The number of halogens is 1. The van der Waals surface area contributed by atoms with E-state index in [9.17, 15) is 4.79 Å². The smallest absolute Gasteiger partial charge is 0.411 e. The molecule has 2 aromatic carbocycles. The monoisotopic (exact) mass is 500 g/mol. The second-order valence-corrected chi connectivity index (χ2v) is 10.3. The molecule has 6 nitrogen and oxygen atoms in total. The highest BCUT2D eigenvalue weighted by Crippen LogP contribution is 2.45. The van der Waals surface area contributed by atoms with Gasteiger partial charge in [0, 0.05) is 34.4 Å². The molecule has 0 unspecified atom stereocenters. The van der Waals surface area contributed by atoms with Crippen LogP contribution in [-0.4, -0.2) is 21.7 Å². The first-order valence-electron chi connectivity index (χ1n) is 12.6. The van der Waals surface area contributed by atoms with E-state index in [2.05, 4.69) is 27.0 Å². The highest BCUT2D eigenvalue weighted by Gasteiger charge is 2.31. The average molecular weight is 501 g/mol. The second kappa shape index (κ2) is 9.17. The Balaban J connectivity index is 1.35. The molecule has 184 valence electrons. The number of fused-ring (bicyclic) bond motifs is 1. The average Bonchev–Trinajstić information content (AvgIpc) is 3.65. The quantitative estimate of drug-likeness (QED) is 0.284. The molecule has 3 N–H and O–H groups in total. The van der Waals surface area contributed by atoms with Gasteiger partial charge in [-0.1, -0.05) is 35.9 Å². The van der Waals surface area contributed by atoms with Crippen molar-refractivity contribution in [2.45, 2.75) is 51.2 Å². The minimum atomic E-state index is -0.411. The lowest BCUT2D eigenvalue weighted by atomic mass is 9.92. The molecule has 0 spiro atoms. The van der Waals surface area contributed by atoms with E-state index < -0.39 is 6.09 Å². The predicted octanol–water partition coefficient (Wildman–Crippen LogP) is 7.68. The van der Waals surface area contributed by atoms with E-state index in [0.717, 1.165) is 64.8 Å². The van der Waals surface area contributed by atoms with Crippen molar-refractivity contribution in [2.24, 2.45) is 5.92 Å². The van der Waals surface area contributed by atoms with Crippen molar-refractivity contribution in [2.75, 3.05) is 11.1 Å². The van der Waals surface area contributed by atoms with E-state index in [-0.39, 0.29) is 6.10 Å². The molecule has 2 heterocycles. The minimum absolute atomic E-state index is 0.0480. The molecule has 2 saturated carbocycles. The number of anilines is 2. The molecule has 0 saturated heterocycles. The maximum absolute atomic E-state index is 12.3. The van der Waals surface area contributed by atoms with Crippen LogP contribution in [0.2, 0.25) is 5.02 Å². The Hall–Kier alpha value is -3.51. The van der Waals surface area contributed by atoms with Crippen molar-refractivity contribution in [3.63, 3.8) is 0 Å². The third-order valence-corrected chi connectivity index (χ3v) is 7.80. The Morgan fingerprint density at radius 3 is 2.53 bits per heavy atom. The number of amides is 1. The van der Waals surface area contributed by atoms with Crippen molar-refractivity contribution >= 4 is 40.0 Å². The fourth-order valence-electron chi connectivity index (χ4n) is 5.09. The molecule has 6 rings (SSSR count). The number of nitrogen functional groups attached to an aromatic ring is 1. The second-order valence-electron chi connectivity index (χ2n) is 9.93. The molecule has 0 radical (unpaired) electrons. The third kappa shape index (κ3) is 4.20. The Bertz CT molecular complexity index is 1440. The van der Waals surface area contributed by atoms with Crippen LogP contribution < -0.4 is 11.1 Å². The van der Waals surface area contributed by atoms with Crippen LogP contribution in [0.4, 0.5) is 16.2 Å². The molecule has 2 aliphatic carbocycles. The fraction of sp³-hybridized carbons (Fsp3) is 0.310. The van der Waals surface area contributed by atoms with Crippen molar-refractivity contribution in [1.82, 2.24) is 9.55 Å². The van der Waals surface area contributed by atoms with Crippen molar-refractivity contribution in [3.05, 3.63) is 65.8 Å². The first kappa shape index (κ1) is 22.9. The van der Waals surface area contributed by atoms with Crippen LogP contribution in [0.5, 0.6) is 0 Å². The molecular formula is C29H29ClN4O2. The first-order chi connectivity index (χ1) is 17.5. The van der Waals surface area contributed by atoms with Crippen LogP contribution in [0.15, 0.2) is 60.8 Å². The van der Waals surface area contributed by atoms with Gasteiger partial charge in [0.05, 0.1) is 27.6 Å². The number of rotatable bonds is 6. The number of aromatic nitrogens is 2. The summed E-state index contributed by atoms with van der Waals surface area (Å²) < 4.78 is 7.87. The van der Waals surface area contributed by atoms with Gasteiger partial charge in [-0.25, -0.2) is 4.79 Å². The van der Waals surface area contributed by atoms with E-state index in [4.69, 9.17) is 22.1 Å². The number of benzene rings is 2. The number of ether oxygens (including phenoxy) is 1. The number of hydrogen-bond acceptors (Lipinski definition) is 4. The number of nitrogens with two attached hydrogens (primary N) is 1. The van der Waals surface area contributed by atoms with Crippen molar-refractivity contribution in [3.8, 4) is 22.5 Å². The molecule has 0 bridgehead atoms. The van der Waals surface area contributed by atoms with Gasteiger partial charge in [-0.3, -0.25) is 10.3 Å². The van der Waals surface area contributed by atoms with Gasteiger partial charge in [-0.05, 0) is 75.3 Å². The molecule has 1 atom stereocenters. The summed E-state index contributed by atoms with van der Waals surface area (Å²) >= 11 is 6.45. The molecule has 2 fully saturated rings. The first-order valence-corrected chi connectivity index (χ1v) is 13.0. The maximum Gasteiger partial charge on any atom is 0.411 e. The van der Waals surface area contributed by atoms with E-state index in [0.29, 0.717) is 22.7 Å². The Labute approximate surface area is 215 Å². The number of carbonyl (C=O) groups is 1. The van der Waals surface area contributed by atoms with Gasteiger partial charge < -0.3 is 15.0 Å². The van der Waals surface area contributed by atoms with E-state index in [1.165, 1.54) is 6.42 Å². The Morgan fingerprint density at radius 1 is 1.11 bits per heavy atom. The van der Waals surface area contributed by atoms with Gasteiger partial charge in [-0.2, -0.15) is 0 Å². The van der Waals surface area contributed by atoms with Gasteiger partial charge in [0.2, 0.25) is 0 Å². The van der Waals surface area contributed by atoms with Crippen LogP contribution in [0.1, 0.15) is 45.1 Å². The highest BCUT2D eigenvalue weighted by molar-refractivity contribution is 6.33. The van der Waals surface area contributed by atoms with Gasteiger partial charge in [0.15, 0.2) is 0 Å². The van der Waals surface area contributed by atoms with Crippen LogP contribution in [-0.2, 0) is 4.74 Å². The summed E-state index contributed by atoms with van der Waals surface area (Å²) in [4.78, 5) is 16.8. The normalized spacial score (nSPS) is 16.5. The summed E-state index contributed by atoms with van der Waals surface area (Å²) in [5.74, 6) is 0.503. The lowest BCUT2D eigenvalue weighted by Crippen LogP contribution is -2.21. The Kier molecular flexibility index (Phi) is 5.84. The summed E-state index contributed by atoms with van der Waals surface area (Å²) in [6.07, 6.45) is 7.02. The number of nitrogens with zero attached hydrogens (tertiary/aromatic N) is 2. The van der Waals surface area contributed by atoms with Gasteiger partial charge >= 0.3 is 6.09 Å². The molecular weight excluding hydrogens is 472 g/mol. The molecule has 2 aromatic heterocycles. The minimum Gasteiger partial charge on any atom is -0.446 e. The molecule has 0 aliphatic heterocycles. The number of hydrogen-bond donors (Lipinski definition) is 2. The number of carbonyl (C=O) groups excluding carboxylic acids is 1. The van der Waals surface area contributed by atoms with E-state index in [1.807, 2.05) is 49.4 Å². The van der Waals surface area contributed by atoms with Gasteiger partial charge in [0.1, 0.15) is 6.10 Å². The summed E-state index contributed by atoms with van der Waals surface area (Å²) in [6, 6.07) is 18.2. The van der Waals surface area contributed by atoms with Crippen LogP contribution in [0.25, 0.3) is 33.4 Å². The maximum atomic E-state index is 12.3. The zero-order valence-corrected chi connectivity index (χ0v) is 21.0. The molecule has 2 aliphatic rings. The van der Waals surface area contributed by atoms with Gasteiger partial charge in [-0.15, -0.1) is 0 Å². The third-order valence-electron chi connectivity index (χ3n) is 7.50. The Morgan fingerprint density at radius 2 is 1.86 bits per heavy atom. The van der Waals surface area contributed by atoms with Gasteiger partial charge in [0.25, 0.3) is 0 Å². The standard InChI is InChI=1S/C29H29ClN4O2/c1-17(18-7-8-18)36-29(35)33-21-12-9-19(10-13-21)28-26(31)23-14-11-20(27-24(30)6-3-15-32-27)16-25(23)34(28)22-4-2-5-22/h3,6,9-18,22H,2,4-5,7-8,31H2,1H3,(H,33,35)/t17-/m1/s1. The molecule has 36 heavy (non-hydrogen) atoms. The topological polar surface area (TPSA) is 82.2 Å². The fourth-order valence-corrected chi connectivity index (χ4v) is 5.32. The number of pyridine rings is 1. The lowest BCUT2D eigenvalue weighted by molar-refractivity contribution is 0.108. The van der Waals surface area contributed by atoms with Crippen molar-refractivity contribution < 1.29 is 9.53 Å². The molecule has 4 aromatic rings. The van der Waals surface area contributed by atoms with E-state index >= 15 is 0 Å². The molecule has 7 heteroatoms. The van der Waals surface area contributed by atoms with Crippen LogP contribution >= 0.6 is 11.6 Å². The number of nitrogens with one attached hydrogen (secondary N) is 1. The SMILES string of the molecule is C[C@@H](OC(=O)Nc1ccc(-c2c(N)c3ccc(-c4ncccc4Cl)cc3n2C2CCC2)cc1)C1CC1. The highest BCUT2D eigenvalue weighted by atomic mass is 35.5. The largest absolute Gasteiger partial charge is 0.446 e. The molecule has 1 amide bonds. The summed E-state index contributed by atoms with van der Waals surface area (Å²) in [7, 11) is 0. The lowest BCUT2D eigenvalue weighted by Gasteiger charge is -2.30. The van der Waals surface area contributed by atoms with E-state index in [1.54, 1.807) is 6.20 Å². The van der Waals surface area contributed by atoms with Crippen LogP contribution in [0.3, 0.4) is 0 Å². The summed E-state index contributed by atoms with van der Waals surface area (Å²) in [5.41, 5.74) is 13.1. The zero-order chi connectivity index (χ0) is 24.8. The summed E-state index contributed by atoms with van der Waals surface area (Å²) in [5, 5.41) is 4.49. The predicted molar refractivity (Wildman–Crippen MR) is 145 cm³/mol. The van der Waals surface area contributed by atoms with Crippen molar-refractivity contribution in [1.29, 1.82) is 0 Å². The zero-order valence-electron chi connectivity index (χ0n) is 20.2. The summed E-state index contributed by atoms with van der Waals surface area (Å²) in [6.45, 7) is 1.95. The van der Waals surface area contributed by atoms with Crippen LogP contribution in [0, 0.1) is 5.92 Å².